The van der Waals surface area contributed by atoms with E-state index < -0.39 is 29.4 Å². The normalized spacial score (nSPS) is 26.8. The van der Waals surface area contributed by atoms with E-state index >= 15 is 4.39 Å². The lowest BCUT2D eigenvalue weighted by molar-refractivity contribution is -0.123. The number of aryl methyl sites for hydroxylation is 1. The molecule has 3 fully saturated rings. The number of piperidine rings is 1. The zero-order chi connectivity index (χ0) is 33.2. The lowest BCUT2D eigenvalue weighted by Gasteiger charge is -2.27. The second-order valence-electron chi connectivity index (χ2n) is 14.3. The number of carbonyl (C=O) groups excluding carboxylic acids is 2. The standard InChI is InChI=1S/C36H40F2N8O2/c1-20-27-7-6-22-14-31(45(32(22)42-27)12-4-2-3-5-21-13-23(21)34(47)41-20)33-43-28-15-24(35(48)44-29-17-40-11-8-25(29)37)26(38)16-30(28)46(33)19-36(18-39)9-10-36/h6-7,14-16,20-21,23,25,29,40H,2-5,8-13,17,19H2,1H3,(H,41,47)(H,44,48)/t20-,21-,23-,25+,29+/m1/s1. The van der Waals surface area contributed by atoms with Crippen molar-refractivity contribution in [2.75, 3.05) is 13.1 Å². The van der Waals surface area contributed by atoms with Crippen LogP contribution in [0.5, 0.6) is 0 Å². The highest BCUT2D eigenvalue weighted by Crippen LogP contribution is 2.48. The molecular weight excluding hydrogens is 614 g/mol. The number of benzene rings is 1. The van der Waals surface area contributed by atoms with Gasteiger partial charge in [0.15, 0.2) is 5.82 Å². The summed E-state index contributed by atoms with van der Waals surface area (Å²) in [5, 5.41) is 19.9. The van der Waals surface area contributed by atoms with Crippen LogP contribution < -0.4 is 16.0 Å². The summed E-state index contributed by atoms with van der Waals surface area (Å²) in [6.45, 7) is 3.79. The summed E-state index contributed by atoms with van der Waals surface area (Å²) < 4.78 is 34.3. The summed E-state index contributed by atoms with van der Waals surface area (Å²) in [6, 6.07) is 10.2. The third-order valence-corrected chi connectivity index (χ3v) is 10.9. The van der Waals surface area contributed by atoms with E-state index in [4.69, 9.17) is 9.97 Å². The minimum absolute atomic E-state index is 0.0999. The molecule has 2 aliphatic carbocycles. The predicted octanol–water partition coefficient (Wildman–Crippen LogP) is 5.31. The molecule has 5 heterocycles. The van der Waals surface area contributed by atoms with Crippen LogP contribution >= 0.6 is 0 Å². The van der Waals surface area contributed by atoms with Gasteiger partial charge >= 0.3 is 0 Å². The van der Waals surface area contributed by atoms with Gasteiger partial charge < -0.3 is 25.1 Å². The van der Waals surface area contributed by atoms with Crippen LogP contribution in [0.4, 0.5) is 8.78 Å². The molecule has 0 unspecified atom stereocenters. The fourth-order valence-corrected chi connectivity index (χ4v) is 7.58. The Morgan fingerprint density at radius 2 is 2.02 bits per heavy atom. The summed E-state index contributed by atoms with van der Waals surface area (Å²) in [5.74, 6) is -0.180. The van der Waals surface area contributed by atoms with Crippen molar-refractivity contribution in [3.8, 4) is 17.6 Å². The minimum Gasteiger partial charge on any atom is -0.348 e. The first-order valence-electron chi connectivity index (χ1n) is 17.3. The molecule has 48 heavy (non-hydrogen) atoms. The SMILES string of the molecule is C[C@H]1NC(=O)[C@@H]2C[C@H]2CCCCCn2c(-c3nc4cc(C(=O)N[C@H]5CNCC[C@@H]5F)c(F)cc4n3CC3(C#N)CC3)cc3ccc1nc32. The van der Waals surface area contributed by atoms with E-state index in [1.165, 1.54) is 12.1 Å². The molecule has 0 spiro atoms. The summed E-state index contributed by atoms with van der Waals surface area (Å²) >= 11 is 0. The second-order valence-corrected chi connectivity index (χ2v) is 14.3. The number of hydrogen-bond donors (Lipinski definition) is 3. The molecule has 10 nitrogen and oxygen atoms in total. The largest absolute Gasteiger partial charge is 0.348 e. The van der Waals surface area contributed by atoms with Crippen LogP contribution in [0.3, 0.4) is 0 Å². The lowest BCUT2D eigenvalue weighted by Crippen LogP contribution is -2.52. The number of carbonyl (C=O) groups is 2. The van der Waals surface area contributed by atoms with E-state index in [0.29, 0.717) is 42.4 Å². The van der Waals surface area contributed by atoms with E-state index in [-0.39, 0.29) is 36.4 Å². The number of nitriles is 1. The Bertz CT molecular complexity index is 1970. The molecule has 1 aromatic carbocycles. The minimum atomic E-state index is -1.21. The number of nitrogens with zero attached hydrogens (tertiary/aromatic N) is 5. The molecule has 2 saturated carbocycles. The topological polar surface area (TPSA) is 130 Å². The van der Waals surface area contributed by atoms with Crippen LogP contribution in [0.25, 0.3) is 33.6 Å². The Balaban J connectivity index is 1.22. The van der Waals surface area contributed by atoms with Crippen molar-refractivity contribution in [3.63, 3.8) is 0 Å². The van der Waals surface area contributed by atoms with Crippen LogP contribution in [0.15, 0.2) is 30.3 Å². The number of amides is 2. The Hall–Kier alpha value is -4.37. The van der Waals surface area contributed by atoms with Crippen molar-refractivity contribution in [2.45, 2.75) is 89.6 Å². The van der Waals surface area contributed by atoms with Gasteiger partial charge in [-0.05, 0) is 82.2 Å². The van der Waals surface area contributed by atoms with Gasteiger partial charge in [0.25, 0.3) is 5.91 Å². The molecule has 2 amide bonds. The molecule has 0 radical (unpaired) electrons. The van der Waals surface area contributed by atoms with Crippen LogP contribution in [-0.4, -0.2) is 56.2 Å². The van der Waals surface area contributed by atoms with E-state index in [0.717, 1.165) is 67.4 Å². The number of hydrogen-bond acceptors (Lipinski definition) is 6. The highest BCUT2D eigenvalue weighted by Gasteiger charge is 2.45. The third kappa shape index (κ3) is 5.62. The van der Waals surface area contributed by atoms with Crippen LogP contribution in [-0.2, 0) is 17.9 Å². The molecule has 3 N–H and O–H groups in total. The Morgan fingerprint density at radius 3 is 2.81 bits per heavy atom. The van der Waals surface area contributed by atoms with Crippen LogP contribution in [0, 0.1) is 34.4 Å². The first-order chi connectivity index (χ1) is 23.2. The van der Waals surface area contributed by atoms with Gasteiger partial charge in [-0.15, -0.1) is 0 Å². The highest BCUT2D eigenvalue weighted by molar-refractivity contribution is 5.98. The van der Waals surface area contributed by atoms with E-state index in [1.54, 1.807) is 0 Å². The van der Waals surface area contributed by atoms with Gasteiger partial charge in [-0.2, -0.15) is 5.26 Å². The van der Waals surface area contributed by atoms with Gasteiger partial charge in [0.2, 0.25) is 5.91 Å². The number of rotatable bonds is 5. The zero-order valence-electron chi connectivity index (χ0n) is 27.1. The monoisotopic (exact) mass is 654 g/mol. The molecule has 1 saturated heterocycles. The summed E-state index contributed by atoms with van der Waals surface area (Å²) in [7, 11) is 0. The first kappa shape index (κ1) is 30.9. The number of fused-ring (bicyclic) bond motifs is 3. The third-order valence-electron chi connectivity index (χ3n) is 10.9. The maximum absolute atomic E-state index is 15.8. The number of pyridine rings is 1. The molecule has 4 aromatic rings. The number of imidazole rings is 1. The molecule has 4 aliphatic rings. The van der Waals surface area contributed by atoms with Gasteiger partial charge in [-0.25, -0.2) is 18.7 Å². The molecule has 2 bridgehead atoms. The van der Waals surface area contributed by atoms with E-state index in [9.17, 15) is 19.2 Å². The Labute approximate surface area is 277 Å². The van der Waals surface area contributed by atoms with Crippen LogP contribution in [0.2, 0.25) is 0 Å². The second kappa shape index (κ2) is 11.9. The maximum atomic E-state index is 15.8. The average molecular weight is 655 g/mol. The van der Waals surface area contributed by atoms with Crippen molar-refractivity contribution in [1.82, 2.24) is 35.1 Å². The molecule has 5 atom stereocenters. The molecular formula is C36H40F2N8O2. The van der Waals surface area contributed by atoms with Crippen molar-refractivity contribution < 1.29 is 18.4 Å². The predicted molar refractivity (Wildman–Crippen MR) is 176 cm³/mol. The van der Waals surface area contributed by atoms with E-state index in [1.807, 2.05) is 29.7 Å². The number of halogens is 2. The van der Waals surface area contributed by atoms with Crippen molar-refractivity contribution in [2.24, 2.45) is 17.3 Å². The smallest absolute Gasteiger partial charge is 0.254 e. The molecule has 3 aromatic heterocycles. The quantitative estimate of drug-likeness (QED) is 0.268. The van der Waals surface area contributed by atoms with Gasteiger partial charge in [0.1, 0.15) is 17.6 Å². The summed E-state index contributed by atoms with van der Waals surface area (Å²) in [5.41, 5.74) is 2.50. The van der Waals surface area contributed by atoms with Crippen LogP contribution in [0.1, 0.15) is 80.4 Å². The fraction of sp³-hybridized carbons (Fsp3) is 0.528. The molecule has 8 rings (SSSR count). The molecule has 2 aliphatic heterocycles. The van der Waals surface area contributed by atoms with Gasteiger partial charge in [0, 0.05) is 37.0 Å². The number of aromatic nitrogens is 4. The first-order valence-corrected chi connectivity index (χ1v) is 17.3. The van der Waals surface area contributed by atoms with Crippen molar-refractivity contribution in [1.29, 1.82) is 5.26 Å². The van der Waals surface area contributed by atoms with Gasteiger partial charge in [0.05, 0.1) is 51.6 Å². The number of alkyl halides is 1. The Morgan fingerprint density at radius 1 is 1.17 bits per heavy atom. The lowest BCUT2D eigenvalue weighted by atomic mass is 10.0. The highest BCUT2D eigenvalue weighted by atomic mass is 19.1. The van der Waals surface area contributed by atoms with Crippen molar-refractivity contribution >= 4 is 33.9 Å². The van der Waals surface area contributed by atoms with Crippen molar-refractivity contribution in [3.05, 3.63) is 47.4 Å². The average Bonchev–Trinajstić information content (AvgIpc) is 3.97. The molecule has 250 valence electrons. The van der Waals surface area contributed by atoms with E-state index in [2.05, 4.69) is 26.6 Å². The van der Waals surface area contributed by atoms with Gasteiger partial charge in [-0.3, -0.25) is 9.59 Å². The molecule has 12 heteroatoms. The summed E-state index contributed by atoms with van der Waals surface area (Å²) in [4.78, 5) is 36.2. The number of nitrogens with one attached hydrogen (secondary N) is 3. The maximum Gasteiger partial charge on any atom is 0.254 e. The van der Waals surface area contributed by atoms with Gasteiger partial charge in [-0.1, -0.05) is 12.8 Å². The fourth-order valence-electron chi connectivity index (χ4n) is 7.58. The summed E-state index contributed by atoms with van der Waals surface area (Å²) in [6.07, 6.45) is 5.51. The zero-order valence-corrected chi connectivity index (χ0v) is 27.1. The Kier molecular flexibility index (Phi) is 7.70.